The summed E-state index contributed by atoms with van der Waals surface area (Å²) in [7, 11) is 0. The second-order valence-electron chi connectivity index (χ2n) is 5.76. The monoisotopic (exact) mass is 401 g/mol. The number of alkyl halides is 3. The fourth-order valence-corrected chi connectivity index (χ4v) is 2.65. The number of nitrogens with zero attached hydrogens (tertiary/aromatic N) is 1. The number of rotatable bonds is 6. The van der Waals surface area contributed by atoms with Crippen molar-refractivity contribution in [3.63, 3.8) is 0 Å². The number of halogens is 4. The lowest BCUT2D eigenvalue weighted by atomic mass is 10.1. The first kappa shape index (κ1) is 20.5. The number of anilines is 1. The highest BCUT2D eigenvalue weighted by Crippen LogP contribution is 2.30. The van der Waals surface area contributed by atoms with Crippen molar-refractivity contribution in [3.05, 3.63) is 58.4 Å². The maximum absolute atomic E-state index is 12.6. The number of thiocarbonyl (C=S) groups is 1. The summed E-state index contributed by atoms with van der Waals surface area (Å²) in [5.41, 5.74) is 1.50. The van der Waals surface area contributed by atoms with Crippen molar-refractivity contribution in [1.82, 2.24) is 10.3 Å². The van der Waals surface area contributed by atoms with E-state index in [0.29, 0.717) is 10.8 Å². The Labute approximate surface area is 161 Å². The van der Waals surface area contributed by atoms with Crippen LogP contribution >= 0.6 is 23.8 Å². The van der Waals surface area contributed by atoms with Crippen molar-refractivity contribution in [2.24, 2.45) is 0 Å². The van der Waals surface area contributed by atoms with Gasteiger partial charge < -0.3 is 10.6 Å². The molecule has 0 amide bonds. The first-order valence-electron chi connectivity index (χ1n) is 8.15. The summed E-state index contributed by atoms with van der Waals surface area (Å²) >= 11 is 11.1. The Balaban J connectivity index is 1.88. The molecular weight excluding hydrogens is 383 g/mol. The summed E-state index contributed by atoms with van der Waals surface area (Å²) in [5, 5.41) is 6.18. The molecule has 2 N–H and O–H groups in total. The molecule has 0 unspecified atom stereocenters. The number of nitrogens with one attached hydrogen (secondary N) is 2. The summed E-state index contributed by atoms with van der Waals surface area (Å²) in [6.07, 6.45) is -0.378. The van der Waals surface area contributed by atoms with Gasteiger partial charge in [0.05, 0.1) is 22.8 Å². The lowest BCUT2D eigenvalue weighted by Gasteiger charge is -2.12. The molecule has 1 heterocycles. The maximum atomic E-state index is 12.6. The number of hydrogen-bond donors (Lipinski definition) is 2. The SMILES string of the molecule is CCCCc1ccc(NC(=S)NCc2ncc(C(F)(F)F)cc2Cl)cc1. The lowest BCUT2D eigenvalue weighted by molar-refractivity contribution is -0.137. The highest BCUT2D eigenvalue weighted by atomic mass is 35.5. The van der Waals surface area contributed by atoms with E-state index >= 15 is 0 Å². The van der Waals surface area contributed by atoms with Crippen molar-refractivity contribution in [2.75, 3.05) is 5.32 Å². The van der Waals surface area contributed by atoms with Gasteiger partial charge in [0.15, 0.2) is 5.11 Å². The second kappa shape index (κ2) is 9.19. The number of unbranched alkanes of at least 4 members (excludes halogenated alkanes) is 1. The van der Waals surface area contributed by atoms with Gasteiger partial charge in [-0.25, -0.2) is 0 Å². The molecule has 140 valence electrons. The van der Waals surface area contributed by atoms with Crippen molar-refractivity contribution >= 4 is 34.6 Å². The number of benzene rings is 1. The minimum atomic E-state index is -4.47. The molecule has 0 saturated carbocycles. The van der Waals surface area contributed by atoms with Crippen LogP contribution in [0.1, 0.15) is 36.6 Å². The van der Waals surface area contributed by atoms with E-state index < -0.39 is 11.7 Å². The summed E-state index contributed by atoms with van der Waals surface area (Å²) in [5.74, 6) is 0. The molecule has 0 aliphatic carbocycles. The fourth-order valence-electron chi connectivity index (χ4n) is 2.23. The molecule has 0 spiro atoms. The summed E-state index contributed by atoms with van der Waals surface area (Å²) < 4.78 is 37.8. The van der Waals surface area contributed by atoms with E-state index in [4.69, 9.17) is 23.8 Å². The molecule has 0 radical (unpaired) electrons. The van der Waals surface area contributed by atoms with Crippen molar-refractivity contribution < 1.29 is 13.2 Å². The van der Waals surface area contributed by atoms with Crippen LogP contribution < -0.4 is 10.6 Å². The molecule has 0 aliphatic heterocycles. The first-order chi connectivity index (χ1) is 12.3. The normalized spacial score (nSPS) is 11.3. The van der Waals surface area contributed by atoms with Crippen LogP contribution in [0.15, 0.2) is 36.5 Å². The van der Waals surface area contributed by atoms with Gasteiger partial charge in [-0.2, -0.15) is 13.2 Å². The molecular formula is C18H19ClF3N3S. The van der Waals surface area contributed by atoms with Crippen molar-refractivity contribution in [1.29, 1.82) is 0 Å². The highest BCUT2D eigenvalue weighted by molar-refractivity contribution is 7.80. The molecule has 1 aromatic carbocycles. The van der Waals surface area contributed by atoms with Crippen LogP contribution in [-0.2, 0) is 19.1 Å². The Morgan fingerprint density at radius 2 is 1.92 bits per heavy atom. The summed E-state index contributed by atoms with van der Waals surface area (Å²) in [6, 6.07) is 8.80. The molecule has 8 heteroatoms. The van der Waals surface area contributed by atoms with Crippen LogP contribution in [0.3, 0.4) is 0 Å². The molecule has 0 aliphatic rings. The molecule has 0 fully saturated rings. The minimum Gasteiger partial charge on any atom is -0.357 e. The maximum Gasteiger partial charge on any atom is 0.417 e. The molecule has 26 heavy (non-hydrogen) atoms. The van der Waals surface area contributed by atoms with Crippen molar-refractivity contribution in [2.45, 2.75) is 38.9 Å². The molecule has 0 atom stereocenters. The number of hydrogen-bond acceptors (Lipinski definition) is 2. The zero-order chi connectivity index (χ0) is 19.2. The van der Waals surface area contributed by atoms with Crippen LogP contribution in [0, 0.1) is 0 Å². The Hall–Kier alpha value is -1.86. The zero-order valence-electron chi connectivity index (χ0n) is 14.2. The van der Waals surface area contributed by atoms with E-state index in [2.05, 4.69) is 22.5 Å². The standard InChI is InChI=1S/C18H19ClF3N3S/c1-2-3-4-12-5-7-14(8-6-12)25-17(26)24-11-16-15(19)9-13(10-23-16)18(20,21)22/h5-10H,2-4,11H2,1H3,(H2,24,25,26). The molecule has 2 rings (SSSR count). The largest absolute Gasteiger partial charge is 0.417 e. The molecule has 0 saturated heterocycles. The van der Waals surface area contributed by atoms with Gasteiger partial charge in [0.2, 0.25) is 0 Å². The summed E-state index contributed by atoms with van der Waals surface area (Å²) in [4.78, 5) is 3.76. The van der Waals surface area contributed by atoms with Gasteiger partial charge in [-0.1, -0.05) is 37.1 Å². The number of pyridine rings is 1. The van der Waals surface area contributed by atoms with Gasteiger partial charge >= 0.3 is 6.18 Å². The van der Waals surface area contributed by atoms with Crippen LogP contribution in [0.5, 0.6) is 0 Å². The average molecular weight is 402 g/mol. The molecule has 2 aromatic rings. The third-order valence-electron chi connectivity index (χ3n) is 3.69. The average Bonchev–Trinajstić information content (AvgIpc) is 2.59. The van der Waals surface area contributed by atoms with Gasteiger partial charge in [-0.05, 0) is 48.8 Å². The Morgan fingerprint density at radius 3 is 2.50 bits per heavy atom. The Morgan fingerprint density at radius 1 is 1.23 bits per heavy atom. The quantitative estimate of drug-likeness (QED) is 0.619. The molecule has 1 aromatic heterocycles. The van der Waals surface area contributed by atoms with Crippen LogP contribution in [-0.4, -0.2) is 10.1 Å². The predicted molar refractivity (Wildman–Crippen MR) is 102 cm³/mol. The van der Waals surface area contributed by atoms with Gasteiger partial charge in [0.25, 0.3) is 0 Å². The summed E-state index contributed by atoms with van der Waals surface area (Å²) in [6.45, 7) is 2.27. The zero-order valence-corrected chi connectivity index (χ0v) is 15.7. The van der Waals surface area contributed by atoms with Crippen LogP contribution in [0.25, 0.3) is 0 Å². The number of aryl methyl sites for hydroxylation is 1. The molecule has 3 nitrogen and oxygen atoms in total. The third-order valence-corrected chi connectivity index (χ3v) is 4.27. The lowest BCUT2D eigenvalue weighted by Crippen LogP contribution is -2.28. The van der Waals surface area contributed by atoms with Gasteiger partial charge in [0.1, 0.15) is 0 Å². The van der Waals surface area contributed by atoms with E-state index in [0.717, 1.165) is 37.2 Å². The number of aromatic nitrogens is 1. The van der Waals surface area contributed by atoms with Gasteiger partial charge in [0, 0.05) is 11.9 Å². The van der Waals surface area contributed by atoms with Crippen LogP contribution in [0.2, 0.25) is 5.02 Å². The fraction of sp³-hybridized carbons (Fsp3) is 0.333. The van der Waals surface area contributed by atoms with Crippen LogP contribution in [0.4, 0.5) is 18.9 Å². The van der Waals surface area contributed by atoms with Gasteiger partial charge in [-0.3, -0.25) is 4.98 Å². The van der Waals surface area contributed by atoms with E-state index in [9.17, 15) is 13.2 Å². The smallest absolute Gasteiger partial charge is 0.357 e. The molecule has 0 bridgehead atoms. The van der Waals surface area contributed by atoms with E-state index in [1.807, 2.05) is 24.3 Å². The van der Waals surface area contributed by atoms with Gasteiger partial charge in [-0.15, -0.1) is 0 Å². The van der Waals surface area contributed by atoms with E-state index in [1.54, 1.807) is 0 Å². The van der Waals surface area contributed by atoms with Crippen molar-refractivity contribution in [3.8, 4) is 0 Å². The Kier molecular flexibility index (Phi) is 7.23. The van der Waals surface area contributed by atoms with E-state index in [-0.39, 0.29) is 11.6 Å². The topological polar surface area (TPSA) is 37.0 Å². The third kappa shape index (κ3) is 6.14. The minimum absolute atomic E-state index is 0.0598. The Bertz CT molecular complexity index is 748. The predicted octanol–water partition coefficient (Wildman–Crippen LogP) is 5.58. The first-order valence-corrected chi connectivity index (χ1v) is 8.93. The van der Waals surface area contributed by atoms with E-state index in [1.165, 1.54) is 5.56 Å². The second-order valence-corrected chi connectivity index (χ2v) is 6.57. The highest BCUT2D eigenvalue weighted by Gasteiger charge is 2.31.